The molecule has 68 valence electrons. The fourth-order valence-electron chi connectivity index (χ4n) is 0.316. The lowest BCUT2D eigenvalue weighted by atomic mass is 10.2. The summed E-state index contributed by atoms with van der Waals surface area (Å²) < 4.78 is 39.9. The van der Waals surface area contributed by atoms with E-state index in [9.17, 15) is 13.2 Å². The second-order valence-electron chi connectivity index (χ2n) is 2.80. The number of halogens is 4. The van der Waals surface area contributed by atoms with Gasteiger partial charge in [0.25, 0.3) is 0 Å². The molecule has 0 aliphatic carbocycles. The molecule has 0 amide bonds. The van der Waals surface area contributed by atoms with Crippen LogP contribution in [0.5, 0.6) is 0 Å². The molecule has 0 saturated heterocycles. The largest absolute Gasteiger partial charge is 0.411 e. The first-order valence-corrected chi connectivity index (χ1v) is 4.56. The molecule has 0 aliphatic heterocycles. The predicted octanol–water partition coefficient (Wildman–Crippen LogP) is 2.78. The highest BCUT2D eigenvalue weighted by Gasteiger charge is 2.31. The summed E-state index contributed by atoms with van der Waals surface area (Å²) in [5.74, 6) is 0. The Kier molecular flexibility index (Phi) is 4.10. The summed E-state index contributed by atoms with van der Waals surface area (Å²) in [5, 5.41) is 0. The quantitative estimate of drug-likeness (QED) is 0.571. The molecule has 0 N–H and O–H groups in total. The highest BCUT2D eigenvalue weighted by molar-refractivity contribution is 14.1. The first-order valence-electron chi connectivity index (χ1n) is 3.03. The topological polar surface area (TPSA) is 9.23 Å². The van der Waals surface area contributed by atoms with Crippen molar-refractivity contribution in [2.24, 2.45) is 0 Å². The molecular formula is C6H10F3IO. The van der Waals surface area contributed by atoms with E-state index in [-0.39, 0.29) is 0 Å². The minimum Gasteiger partial charge on any atom is -0.365 e. The van der Waals surface area contributed by atoms with Gasteiger partial charge in [-0.05, 0) is 13.8 Å². The molecule has 0 aromatic carbocycles. The summed E-state index contributed by atoms with van der Waals surface area (Å²) in [5.41, 5.74) is -0.684. The SMILES string of the molecule is CC(C)(CI)OCC(F)(F)F. The molecule has 0 atom stereocenters. The third-order valence-corrected chi connectivity index (χ3v) is 2.79. The highest BCUT2D eigenvalue weighted by Crippen LogP contribution is 2.20. The van der Waals surface area contributed by atoms with E-state index in [1.54, 1.807) is 13.8 Å². The molecule has 0 radical (unpaired) electrons. The Labute approximate surface area is 77.4 Å². The minimum absolute atomic E-state index is 0.542. The van der Waals surface area contributed by atoms with Crippen LogP contribution in [0.4, 0.5) is 13.2 Å². The van der Waals surface area contributed by atoms with Crippen LogP contribution in [0, 0.1) is 0 Å². The van der Waals surface area contributed by atoms with Crippen LogP contribution < -0.4 is 0 Å². The van der Waals surface area contributed by atoms with Crippen molar-refractivity contribution in [1.82, 2.24) is 0 Å². The fraction of sp³-hybridized carbons (Fsp3) is 1.00. The molecule has 0 aromatic heterocycles. The number of hydrogen-bond acceptors (Lipinski definition) is 1. The van der Waals surface area contributed by atoms with Gasteiger partial charge in [0.15, 0.2) is 0 Å². The average Bonchev–Trinajstić information content (AvgIpc) is 1.83. The van der Waals surface area contributed by atoms with Gasteiger partial charge in [-0.25, -0.2) is 0 Å². The molecule has 5 heteroatoms. The summed E-state index contributed by atoms with van der Waals surface area (Å²) in [6.45, 7) is 2.10. The van der Waals surface area contributed by atoms with Crippen molar-refractivity contribution in [2.45, 2.75) is 25.6 Å². The second kappa shape index (κ2) is 3.93. The van der Waals surface area contributed by atoms with Gasteiger partial charge in [-0.15, -0.1) is 0 Å². The lowest BCUT2D eigenvalue weighted by Gasteiger charge is -2.23. The molecule has 1 nitrogen and oxygen atoms in total. The Hall–Kier alpha value is 0.480. The lowest BCUT2D eigenvalue weighted by Crippen LogP contribution is -2.31. The van der Waals surface area contributed by atoms with E-state index in [1.165, 1.54) is 0 Å². The van der Waals surface area contributed by atoms with Crippen LogP contribution in [0.25, 0.3) is 0 Å². The van der Waals surface area contributed by atoms with Gasteiger partial charge in [0, 0.05) is 4.43 Å². The zero-order valence-corrected chi connectivity index (χ0v) is 8.49. The molecule has 0 spiro atoms. The van der Waals surface area contributed by atoms with E-state index in [1.807, 2.05) is 22.6 Å². The summed E-state index contributed by atoms with van der Waals surface area (Å²) in [7, 11) is 0. The van der Waals surface area contributed by atoms with Crippen LogP contribution in [0.2, 0.25) is 0 Å². The van der Waals surface area contributed by atoms with Gasteiger partial charge in [0.2, 0.25) is 0 Å². The first kappa shape index (κ1) is 11.5. The van der Waals surface area contributed by atoms with E-state index >= 15 is 0 Å². The van der Waals surface area contributed by atoms with Gasteiger partial charge >= 0.3 is 6.18 Å². The van der Waals surface area contributed by atoms with Crippen molar-refractivity contribution in [1.29, 1.82) is 0 Å². The van der Waals surface area contributed by atoms with Crippen molar-refractivity contribution in [3.8, 4) is 0 Å². The maximum Gasteiger partial charge on any atom is 0.411 e. The molecule has 0 heterocycles. The molecule has 0 rings (SSSR count). The standard InChI is InChI=1S/C6H10F3IO/c1-5(2,3-10)11-4-6(7,8)9/h3-4H2,1-2H3. The summed E-state index contributed by atoms with van der Waals surface area (Å²) in [6.07, 6.45) is -4.22. The van der Waals surface area contributed by atoms with Crippen LogP contribution in [-0.4, -0.2) is 22.8 Å². The van der Waals surface area contributed by atoms with Gasteiger partial charge in [-0.3, -0.25) is 0 Å². The Bertz CT molecular complexity index is 121. The molecule has 0 unspecified atom stereocenters. The Morgan fingerprint density at radius 1 is 1.27 bits per heavy atom. The smallest absolute Gasteiger partial charge is 0.365 e. The monoisotopic (exact) mass is 282 g/mol. The van der Waals surface area contributed by atoms with Crippen LogP contribution in [0.3, 0.4) is 0 Å². The summed E-state index contributed by atoms with van der Waals surface area (Å²) >= 11 is 1.99. The second-order valence-corrected chi connectivity index (χ2v) is 3.56. The van der Waals surface area contributed by atoms with Crippen LogP contribution in [-0.2, 0) is 4.74 Å². The average molecular weight is 282 g/mol. The zero-order chi connectivity index (χ0) is 9.12. The number of ether oxygens (including phenoxy) is 1. The Morgan fingerprint density at radius 3 is 2.00 bits per heavy atom. The van der Waals surface area contributed by atoms with E-state index in [2.05, 4.69) is 4.74 Å². The maximum atomic E-state index is 11.6. The third kappa shape index (κ3) is 6.86. The van der Waals surface area contributed by atoms with Crippen LogP contribution in [0.15, 0.2) is 0 Å². The number of hydrogen-bond donors (Lipinski definition) is 0. The van der Waals surface area contributed by atoms with Crippen molar-refractivity contribution >= 4 is 22.6 Å². The molecule has 0 bridgehead atoms. The van der Waals surface area contributed by atoms with E-state index in [0.717, 1.165) is 0 Å². The zero-order valence-electron chi connectivity index (χ0n) is 6.33. The number of alkyl halides is 4. The minimum atomic E-state index is -4.22. The van der Waals surface area contributed by atoms with Crippen molar-refractivity contribution in [2.75, 3.05) is 11.0 Å². The van der Waals surface area contributed by atoms with Crippen molar-refractivity contribution in [3.05, 3.63) is 0 Å². The van der Waals surface area contributed by atoms with Crippen LogP contribution >= 0.6 is 22.6 Å². The summed E-state index contributed by atoms with van der Waals surface area (Å²) in [4.78, 5) is 0. The van der Waals surface area contributed by atoms with Gasteiger partial charge in [0.1, 0.15) is 6.61 Å². The van der Waals surface area contributed by atoms with Gasteiger partial charge in [-0.1, -0.05) is 22.6 Å². The Balaban J connectivity index is 3.70. The molecule has 11 heavy (non-hydrogen) atoms. The van der Waals surface area contributed by atoms with E-state index < -0.39 is 18.4 Å². The van der Waals surface area contributed by atoms with E-state index in [0.29, 0.717) is 4.43 Å². The van der Waals surface area contributed by atoms with Crippen molar-refractivity contribution < 1.29 is 17.9 Å². The van der Waals surface area contributed by atoms with Gasteiger partial charge in [0.05, 0.1) is 5.60 Å². The summed E-state index contributed by atoms with van der Waals surface area (Å²) in [6, 6.07) is 0. The van der Waals surface area contributed by atoms with Crippen LogP contribution in [0.1, 0.15) is 13.8 Å². The molecule has 0 fully saturated rings. The van der Waals surface area contributed by atoms with E-state index in [4.69, 9.17) is 0 Å². The molecular weight excluding hydrogens is 272 g/mol. The fourth-order valence-corrected chi connectivity index (χ4v) is 0.536. The third-order valence-electron chi connectivity index (χ3n) is 0.948. The highest BCUT2D eigenvalue weighted by atomic mass is 127. The Morgan fingerprint density at radius 2 is 1.73 bits per heavy atom. The normalized spacial score (nSPS) is 13.6. The number of rotatable bonds is 3. The molecule has 0 saturated carbocycles. The molecule has 0 aromatic rings. The van der Waals surface area contributed by atoms with Crippen molar-refractivity contribution in [3.63, 3.8) is 0 Å². The predicted molar refractivity (Wildman–Crippen MR) is 45.0 cm³/mol. The lowest BCUT2D eigenvalue weighted by molar-refractivity contribution is -0.195. The van der Waals surface area contributed by atoms with Gasteiger partial charge in [-0.2, -0.15) is 13.2 Å². The molecule has 0 aliphatic rings. The van der Waals surface area contributed by atoms with Gasteiger partial charge < -0.3 is 4.74 Å². The maximum absolute atomic E-state index is 11.6. The first-order chi connectivity index (χ1) is 4.77.